The number of nitrogens with one attached hydrogen (secondary N) is 1. The van der Waals surface area contributed by atoms with Crippen LogP contribution in [-0.2, 0) is 32.7 Å². The molecule has 294 valence electrons. The molecule has 3 aromatic carbocycles. The molecule has 9 heterocycles. The highest BCUT2D eigenvalue weighted by atomic mass is 32.2. The van der Waals surface area contributed by atoms with Gasteiger partial charge in [0, 0.05) is 76.6 Å². The number of carbonyl (C=O) groups is 2. The van der Waals surface area contributed by atoms with Crippen molar-refractivity contribution in [2.24, 2.45) is 5.73 Å². The summed E-state index contributed by atoms with van der Waals surface area (Å²) in [7, 11) is 3.69. The highest BCUT2D eigenvalue weighted by Gasteiger charge is 2.63. The number of thioether (sulfide) groups is 1. The van der Waals surface area contributed by atoms with Gasteiger partial charge in [0.25, 0.3) is 0 Å². The average molecular weight is 783 g/mol. The standard InChI is InChI=1S/C42H46N4O9S/c1-19-11-22-13-41(4)16-45(5)31(28(22)33(48)34(19)50-6)32-38-30-29(37-36(52-18-53-37)20(2)35(30)54-21(3)47)26(46(32)41)15-51-40(49)42(17-56-38)39-25(12-23(14-43)44-42)24-9-7-8-10-27(24)55-39/h7-11,23,26,31-32,38,44,48H,12-18,43H2,1-6H3/t23-,26-,31-,32+,38+,41?,42+/m0/s1. The molecule has 4 aromatic rings. The van der Waals surface area contributed by atoms with Crippen molar-refractivity contribution in [2.75, 3.05) is 46.4 Å². The zero-order valence-electron chi connectivity index (χ0n) is 32.3. The first kappa shape index (κ1) is 35.9. The van der Waals surface area contributed by atoms with E-state index >= 15 is 4.79 Å². The number of hydrogen-bond acceptors (Lipinski definition) is 14. The fourth-order valence-electron chi connectivity index (χ4n) is 11.1. The summed E-state index contributed by atoms with van der Waals surface area (Å²) in [6, 6.07) is 8.52. The zero-order chi connectivity index (χ0) is 39.0. The second-order valence-electron chi connectivity index (χ2n) is 16.5. The van der Waals surface area contributed by atoms with Gasteiger partial charge >= 0.3 is 11.9 Å². The molecule has 1 aromatic heterocycles. The topological polar surface area (TPSA) is 158 Å². The lowest BCUT2D eigenvalue weighted by molar-refractivity contribution is -0.160. The number of piperazine rings is 1. The first-order valence-corrected chi connectivity index (χ1v) is 20.3. The van der Waals surface area contributed by atoms with Crippen LogP contribution in [0.5, 0.6) is 28.7 Å². The van der Waals surface area contributed by atoms with Crippen LogP contribution in [-0.4, -0.2) is 90.9 Å². The van der Waals surface area contributed by atoms with E-state index in [-0.39, 0.29) is 43.0 Å². The molecule has 0 amide bonds. The number of phenolic OH excluding ortho intramolecular Hbond substituents is 1. The molecule has 14 heteroatoms. The minimum atomic E-state index is -1.39. The molecule has 2 unspecified atom stereocenters. The molecule has 1 spiro atoms. The lowest BCUT2D eigenvalue weighted by Crippen LogP contribution is -2.69. The predicted octanol–water partition coefficient (Wildman–Crippen LogP) is 4.84. The van der Waals surface area contributed by atoms with Crippen molar-refractivity contribution in [3.8, 4) is 28.7 Å². The summed E-state index contributed by atoms with van der Waals surface area (Å²) in [4.78, 5) is 32.9. The lowest BCUT2D eigenvalue weighted by Gasteiger charge is -2.61. The Morgan fingerprint density at radius 1 is 1.12 bits per heavy atom. The number of nitrogens with zero attached hydrogens (tertiary/aromatic N) is 2. The lowest BCUT2D eigenvalue weighted by atomic mass is 9.76. The largest absolute Gasteiger partial charge is 0.504 e. The Kier molecular flexibility index (Phi) is 8.02. The van der Waals surface area contributed by atoms with E-state index in [2.05, 4.69) is 35.2 Å². The van der Waals surface area contributed by atoms with E-state index in [9.17, 15) is 9.90 Å². The molecule has 4 bridgehead atoms. The van der Waals surface area contributed by atoms with E-state index in [0.717, 1.165) is 38.8 Å². The van der Waals surface area contributed by atoms with Gasteiger partial charge in [0.15, 0.2) is 28.5 Å². The number of aryl methyl sites for hydroxylation is 1. The number of nitrogens with two attached hydrogens (primary N) is 1. The van der Waals surface area contributed by atoms with Gasteiger partial charge in [-0.3, -0.25) is 19.9 Å². The number of rotatable bonds is 3. The van der Waals surface area contributed by atoms with Gasteiger partial charge in [-0.05, 0) is 57.9 Å². The Balaban J connectivity index is 1.26. The van der Waals surface area contributed by atoms with Crippen molar-refractivity contribution in [1.29, 1.82) is 0 Å². The van der Waals surface area contributed by atoms with Gasteiger partial charge in [0.05, 0.1) is 24.4 Å². The van der Waals surface area contributed by atoms with Crippen molar-refractivity contribution in [3.05, 3.63) is 75.0 Å². The quantitative estimate of drug-likeness (QED) is 0.192. The van der Waals surface area contributed by atoms with E-state index in [1.807, 2.05) is 38.1 Å². The minimum absolute atomic E-state index is 0.00321. The van der Waals surface area contributed by atoms with Gasteiger partial charge < -0.3 is 38.9 Å². The number of benzene rings is 3. The Labute approximate surface area is 328 Å². The second-order valence-corrected chi connectivity index (χ2v) is 17.6. The monoisotopic (exact) mass is 782 g/mol. The molecular weight excluding hydrogens is 737 g/mol. The Bertz CT molecular complexity index is 2360. The summed E-state index contributed by atoms with van der Waals surface area (Å²) in [6.07, 6.45) is 1.21. The first-order valence-electron chi connectivity index (χ1n) is 19.2. The number of carbonyl (C=O) groups excluding carboxylic acids is 2. The van der Waals surface area contributed by atoms with Crippen LogP contribution in [0.4, 0.5) is 0 Å². The summed E-state index contributed by atoms with van der Waals surface area (Å²) >= 11 is 1.59. The number of aromatic hydroxyl groups is 1. The Morgan fingerprint density at radius 3 is 2.68 bits per heavy atom. The second kappa shape index (κ2) is 12.5. The molecule has 8 aliphatic rings. The SMILES string of the molecule is COc1c(C)cc2c(c1O)[C@H]1[C@@H]3[C@@H]4SC[C@]5(N[C@H](CN)Cc6c5oc5ccccc65)C(=O)OC[C@@H](c5c6c(c(C)c(OC(C)=O)c54)OCO6)N3C(C)(C2)CN1C. The van der Waals surface area contributed by atoms with E-state index < -0.39 is 34.3 Å². The van der Waals surface area contributed by atoms with Crippen LogP contribution in [0, 0.1) is 13.8 Å². The third kappa shape index (κ3) is 4.76. The maximum Gasteiger partial charge on any atom is 0.335 e. The molecule has 2 fully saturated rings. The van der Waals surface area contributed by atoms with Gasteiger partial charge in [-0.1, -0.05) is 24.3 Å². The molecular formula is C42H46N4O9S. The summed E-state index contributed by atoms with van der Waals surface area (Å²) in [5, 5.41) is 16.3. The van der Waals surface area contributed by atoms with Crippen LogP contribution >= 0.6 is 11.8 Å². The summed E-state index contributed by atoms with van der Waals surface area (Å²) < 4.78 is 37.7. The van der Waals surface area contributed by atoms with Gasteiger partial charge in [0.1, 0.15) is 23.7 Å². The predicted molar refractivity (Wildman–Crippen MR) is 208 cm³/mol. The zero-order valence-corrected chi connectivity index (χ0v) is 33.1. The number of esters is 2. The fourth-order valence-corrected chi connectivity index (χ4v) is 12.7. The number of para-hydroxylation sites is 1. The van der Waals surface area contributed by atoms with E-state index in [1.165, 1.54) is 6.92 Å². The normalized spacial score (nSPS) is 31.3. The number of furan rings is 1. The van der Waals surface area contributed by atoms with Crippen LogP contribution < -0.4 is 30.0 Å². The van der Waals surface area contributed by atoms with Crippen molar-refractivity contribution < 1.29 is 42.8 Å². The molecule has 8 aliphatic heterocycles. The molecule has 8 atom stereocenters. The maximum atomic E-state index is 15.1. The molecule has 4 N–H and O–H groups in total. The Hall–Kier alpha value is -4.47. The van der Waals surface area contributed by atoms with Crippen molar-refractivity contribution in [2.45, 2.75) is 81.0 Å². The highest BCUT2D eigenvalue weighted by molar-refractivity contribution is 7.99. The average Bonchev–Trinajstić information content (AvgIpc) is 3.76. The van der Waals surface area contributed by atoms with Gasteiger partial charge in [-0.15, -0.1) is 11.8 Å². The van der Waals surface area contributed by atoms with E-state index in [0.29, 0.717) is 65.8 Å². The number of methoxy groups -OCH3 is 1. The number of ether oxygens (including phenoxy) is 5. The van der Waals surface area contributed by atoms with Crippen LogP contribution in [0.15, 0.2) is 34.7 Å². The van der Waals surface area contributed by atoms with Crippen LogP contribution in [0.1, 0.15) is 75.9 Å². The summed E-state index contributed by atoms with van der Waals surface area (Å²) in [5.74, 6) is 1.90. The molecule has 2 saturated heterocycles. The first-order chi connectivity index (χ1) is 26.9. The third-order valence-electron chi connectivity index (χ3n) is 13.0. The van der Waals surface area contributed by atoms with Crippen LogP contribution in [0.3, 0.4) is 0 Å². The van der Waals surface area contributed by atoms with Crippen molar-refractivity contribution in [3.63, 3.8) is 0 Å². The Morgan fingerprint density at radius 2 is 1.91 bits per heavy atom. The smallest absolute Gasteiger partial charge is 0.335 e. The molecule has 56 heavy (non-hydrogen) atoms. The fraction of sp³-hybridized carbons (Fsp3) is 0.476. The molecule has 12 rings (SSSR count). The molecule has 0 saturated carbocycles. The van der Waals surface area contributed by atoms with Crippen molar-refractivity contribution in [1.82, 2.24) is 15.1 Å². The summed E-state index contributed by atoms with van der Waals surface area (Å²) in [6.45, 7) is 8.42. The maximum absolute atomic E-state index is 15.1. The molecule has 13 nitrogen and oxygen atoms in total. The number of fused-ring (bicyclic) bond motifs is 8. The van der Waals surface area contributed by atoms with Gasteiger partial charge in [0.2, 0.25) is 6.79 Å². The van der Waals surface area contributed by atoms with Crippen molar-refractivity contribution >= 4 is 34.7 Å². The van der Waals surface area contributed by atoms with Crippen LogP contribution in [0.25, 0.3) is 11.0 Å². The minimum Gasteiger partial charge on any atom is -0.504 e. The third-order valence-corrected chi connectivity index (χ3v) is 14.5. The molecule has 0 radical (unpaired) electrons. The van der Waals surface area contributed by atoms with E-state index in [4.69, 9.17) is 33.8 Å². The summed E-state index contributed by atoms with van der Waals surface area (Å²) in [5.41, 5.74) is 11.1. The molecule has 0 aliphatic carbocycles. The number of hydrogen-bond donors (Lipinski definition) is 3. The highest BCUT2D eigenvalue weighted by Crippen LogP contribution is 2.65. The van der Waals surface area contributed by atoms with Gasteiger partial charge in [-0.2, -0.15) is 0 Å². The van der Waals surface area contributed by atoms with E-state index in [1.54, 1.807) is 18.9 Å². The number of phenols is 1. The number of likely N-dealkylation sites (N-methyl/N-ethyl adjacent to an activating group) is 1. The van der Waals surface area contributed by atoms with Crippen LogP contribution in [0.2, 0.25) is 0 Å². The van der Waals surface area contributed by atoms with Gasteiger partial charge in [-0.25, -0.2) is 4.79 Å².